The molecule has 2 aliphatic rings. The standard InChI is InChI=1S/C15H21N3O/c19-15(12-5-1-2-6-12)17-13-8-10-18(11-13)14-7-3-4-9-16-14/h3-4,7,9,12-13H,1-2,5-6,8,10-11H2,(H,17,19)/t13-/m1/s1. The van der Waals surface area contributed by atoms with Gasteiger partial charge in [-0.1, -0.05) is 18.9 Å². The summed E-state index contributed by atoms with van der Waals surface area (Å²) in [7, 11) is 0. The van der Waals surface area contributed by atoms with Crippen LogP contribution in [0.5, 0.6) is 0 Å². The minimum atomic E-state index is 0.268. The van der Waals surface area contributed by atoms with Crippen LogP contribution in [0.2, 0.25) is 0 Å². The maximum absolute atomic E-state index is 12.1. The summed E-state index contributed by atoms with van der Waals surface area (Å²) in [6, 6.07) is 6.25. The Morgan fingerprint density at radius 3 is 2.84 bits per heavy atom. The van der Waals surface area contributed by atoms with Gasteiger partial charge in [-0.15, -0.1) is 0 Å². The van der Waals surface area contributed by atoms with Crippen molar-refractivity contribution in [2.45, 2.75) is 38.1 Å². The fourth-order valence-electron chi connectivity index (χ4n) is 3.13. The number of aromatic nitrogens is 1. The Kier molecular flexibility index (Phi) is 3.67. The SMILES string of the molecule is O=C(N[C@@H]1CCN(c2ccccn2)C1)C1CCCC1. The third kappa shape index (κ3) is 2.88. The number of hydrogen-bond acceptors (Lipinski definition) is 3. The van der Waals surface area contributed by atoms with Crippen molar-refractivity contribution in [3.63, 3.8) is 0 Å². The van der Waals surface area contributed by atoms with Crippen molar-refractivity contribution in [2.24, 2.45) is 5.92 Å². The van der Waals surface area contributed by atoms with E-state index < -0.39 is 0 Å². The second kappa shape index (κ2) is 5.59. The Bertz CT molecular complexity index is 428. The largest absolute Gasteiger partial charge is 0.354 e. The molecule has 1 atom stereocenters. The van der Waals surface area contributed by atoms with Gasteiger partial charge in [0.1, 0.15) is 5.82 Å². The van der Waals surface area contributed by atoms with Crippen molar-refractivity contribution < 1.29 is 4.79 Å². The van der Waals surface area contributed by atoms with Crippen molar-refractivity contribution in [1.82, 2.24) is 10.3 Å². The van der Waals surface area contributed by atoms with Gasteiger partial charge in [-0.3, -0.25) is 4.79 Å². The lowest BCUT2D eigenvalue weighted by atomic mass is 10.1. The van der Waals surface area contributed by atoms with Crippen molar-refractivity contribution in [3.8, 4) is 0 Å². The molecule has 1 aromatic heterocycles. The van der Waals surface area contributed by atoms with E-state index in [-0.39, 0.29) is 17.9 Å². The molecule has 1 N–H and O–H groups in total. The topological polar surface area (TPSA) is 45.2 Å². The van der Waals surface area contributed by atoms with E-state index in [0.29, 0.717) is 0 Å². The number of pyridine rings is 1. The van der Waals surface area contributed by atoms with Crippen molar-refractivity contribution in [3.05, 3.63) is 24.4 Å². The van der Waals surface area contributed by atoms with Gasteiger partial charge in [-0.05, 0) is 31.4 Å². The van der Waals surface area contributed by atoms with E-state index in [1.54, 1.807) is 0 Å². The monoisotopic (exact) mass is 259 g/mol. The molecule has 1 amide bonds. The maximum atomic E-state index is 12.1. The van der Waals surface area contributed by atoms with Gasteiger partial charge in [0.25, 0.3) is 0 Å². The highest BCUT2D eigenvalue weighted by Gasteiger charge is 2.28. The van der Waals surface area contributed by atoms with Gasteiger partial charge >= 0.3 is 0 Å². The Hall–Kier alpha value is -1.58. The predicted molar refractivity (Wildman–Crippen MR) is 75.0 cm³/mol. The van der Waals surface area contributed by atoms with Crippen LogP contribution >= 0.6 is 0 Å². The summed E-state index contributed by atoms with van der Waals surface area (Å²) in [6.07, 6.45) is 7.41. The maximum Gasteiger partial charge on any atom is 0.223 e. The Labute approximate surface area is 114 Å². The first kappa shape index (κ1) is 12.5. The summed E-state index contributed by atoms with van der Waals surface area (Å²) in [5, 5.41) is 3.21. The van der Waals surface area contributed by atoms with E-state index in [4.69, 9.17) is 0 Å². The molecule has 1 saturated heterocycles. The zero-order chi connectivity index (χ0) is 13.1. The molecule has 19 heavy (non-hydrogen) atoms. The van der Waals surface area contributed by atoms with E-state index in [0.717, 1.165) is 38.2 Å². The molecule has 102 valence electrons. The quantitative estimate of drug-likeness (QED) is 0.902. The molecule has 0 bridgehead atoms. The molecule has 2 heterocycles. The Balaban J connectivity index is 1.53. The van der Waals surface area contributed by atoms with Crippen LogP contribution in [0.25, 0.3) is 0 Å². The van der Waals surface area contributed by atoms with Crippen molar-refractivity contribution >= 4 is 11.7 Å². The molecular weight excluding hydrogens is 238 g/mol. The van der Waals surface area contributed by atoms with Crippen LogP contribution in [0.15, 0.2) is 24.4 Å². The van der Waals surface area contributed by atoms with Gasteiger partial charge in [0.2, 0.25) is 5.91 Å². The third-order valence-corrected chi connectivity index (χ3v) is 4.23. The molecule has 0 spiro atoms. The van der Waals surface area contributed by atoms with Gasteiger partial charge < -0.3 is 10.2 Å². The summed E-state index contributed by atoms with van der Waals surface area (Å²) < 4.78 is 0. The molecule has 3 rings (SSSR count). The van der Waals surface area contributed by atoms with E-state index in [1.165, 1.54) is 12.8 Å². The normalized spacial score (nSPS) is 23.8. The van der Waals surface area contributed by atoms with Gasteiger partial charge in [0.15, 0.2) is 0 Å². The Morgan fingerprint density at radius 1 is 1.26 bits per heavy atom. The highest BCUT2D eigenvalue weighted by molar-refractivity contribution is 5.79. The third-order valence-electron chi connectivity index (χ3n) is 4.23. The predicted octanol–water partition coefficient (Wildman–Crippen LogP) is 1.97. The van der Waals surface area contributed by atoms with Crippen molar-refractivity contribution in [1.29, 1.82) is 0 Å². The number of carbonyl (C=O) groups excluding carboxylic acids is 1. The molecule has 4 heteroatoms. The summed E-state index contributed by atoms with van der Waals surface area (Å²) >= 11 is 0. The summed E-state index contributed by atoms with van der Waals surface area (Å²) in [5.41, 5.74) is 0. The lowest BCUT2D eigenvalue weighted by Gasteiger charge is -2.19. The van der Waals surface area contributed by atoms with Crippen LogP contribution < -0.4 is 10.2 Å². The zero-order valence-electron chi connectivity index (χ0n) is 11.2. The molecule has 0 unspecified atom stereocenters. The fourth-order valence-corrected chi connectivity index (χ4v) is 3.13. The molecule has 1 aliphatic carbocycles. The molecule has 1 saturated carbocycles. The molecule has 1 aliphatic heterocycles. The van der Waals surface area contributed by atoms with Crippen LogP contribution in [-0.2, 0) is 4.79 Å². The van der Waals surface area contributed by atoms with Crippen LogP contribution in [-0.4, -0.2) is 30.0 Å². The van der Waals surface area contributed by atoms with E-state index in [2.05, 4.69) is 15.2 Å². The number of carbonyl (C=O) groups is 1. The smallest absolute Gasteiger partial charge is 0.223 e. The average Bonchev–Trinajstić information content (AvgIpc) is 3.11. The molecular formula is C15H21N3O. The summed E-state index contributed by atoms with van der Waals surface area (Å²) in [6.45, 7) is 1.86. The van der Waals surface area contributed by atoms with Crippen LogP contribution in [0.4, 0.5) is 5.82 Å². The number of rotatable bonds is 3. The van der Waals surface area contributed by atoms with E-state index in [9.17, 15) is 4.79 Å². The lowest BCUT2D eigenvalue weighted by molar-refractivity contribution is -0.125. The number of hydrogen-bond donors (Lipinski definition) is 1. The molecule has 0 aromatic carbocycles. The summed E-state index contributed by atoms with van der Waals surface area (Å²) in [4.78, 5) is 18.7. The highest BCUT2D eigenvalue weighted by Crippen LogP contribution is 2.25. The number of nitrogens with zero attached hydrogens (tertiary/aromatic N) is 2. The van der Waals surface area contributed by atoms with Crippen LogP contribution in [0.1, 0.15) is 32.1 Å². The zero-order valence-corrected chi connectivity index (χ0v) is 11.2. The number of nitrogens with one attached hydrogen (secondary N) is 1. The Morgan fingerprint density at radius 2 is 2.11 bits per heavy atom. The summed E-state index contributed by atoms with van der Waals surface area (Å²) in [5.74, 6) is 1.55. The molecule has 0 radical (unpaired) electrons. The van der Waals surface area contributed by atoms with E-state index >= 15 is 0 Å². The first-order chi connectivity index (χ1) is 9.33. The minimum absolute atomic E-state index is 0.268. The van der Waals surface area contributed by atoms with Gasteiger partial charge in [0, 0.05) is 31.2 Å². The molecule has 4 nitrogen and oxygen atoms in total. The molecule has 2 fully saturated rings. The fraction of sp³-hybridized carbons (Fsp3) is 0.600. The lowest BCUT2D eigenvalue weighted by Crippen LogP contribution is -2.40. The van der Waals surface area contributed by atoms with E-state index in [1.807, 2.05) is 24.4 Å². The van der Waals surface area contributed by atoms with Crippen LogP contribution in [0.3, 0.4) is 0 Å². The van der Waals surface area contributed by atoms with Gasteiger partial charge in [-0.25, -0.2) is 4.98 Å². The van der Waals surface area contributed by atoms with Crippen LogP contribution in [0, 0.1) is 5.92 Å². The van der Waals surface area contributed by atoms with Crippen molar-refractivity contribution in [2.75, 3.05) is 18.0 Å². The second-order valence-corrected chi connectivity index (χ2v) is 5.61. The second-order valence-electron chi connectivity index (χ2n) is 5.61. The number of anilines is 1. The number of amides is 1. The first-order valence-corrected chi connectivity index (χ1v) is 7.29. The van der Waals surface area contributed by atoms with Gasteiger partial charge in [0.05, 0.1) is 0 Å². The minimum Gasteiger partial charge on any atom is -0.354 e. The average molecular weight is 259 g/mol. The highest BCUT2D eigenvalue weighted by atomic mass is 16.2. The molecule has 1 aromatic rings. The first-order valence-electron chi connectivity index (χ1n) is 7.29. The van der Waals surface area contributed by atoms with Gasteiger partial charge in [-0.2, -0.15) is 0 Å².